The molecule has 2 aromatic carbocycles. The normalized spacial score (nSPS) is 15.8. The lowest BCUT2D eigenvalue weighted by Crippen LogP contribution is -2.48. The second-order valence-corrected chi connectivity index (χ2v) is 8.92. The fourth-order valence-electron chi connectivity index (χ4n) is 3.53. The van der Waals surface area contributed by atoms with Gasteiger partial charge in [-0.25, -0.2) is 8.42 Å². The van der Waals surface area contributed by atoms with Crippen molar-refractivity contribution in [3.63, 3.8) is 0 Å². The van der Waals surface area contributed by atoms with E-state index in [1.807, 2.05) is 42.5 Å². The van der Waals surface area contributed by atoms with Crippen LogP contribution in [0.1, 0.15) is 11.1 Å². The van der Waals surface area contributed by atoms with E-state index in [0.717, 1.165) is 11.1 Å². The van der Waals surface area contributed by atoms with Crippen LogP contribution >= 0.6 is 0 Å². The lowest BCUT2D eigenvalue weighted by molar-refractivity contribution is 0.181. The van der Waals surface area contributed by atoms with E-state index >= 15 is 0 Å². The summed E-state index contributed by atoms with van der Waals surface area (Å²) in [6, 6.07) is 13.2. The third-order valence-electron chi connectivity index (χ3n) is 5.05. The van der Waals surface area contributed by atoms with Crippen molar-refractivity contribution in [1.82, 2.24) is 9.21 Å². The first kappa shape index (κ1) is 21.4. The Morgan fingerprint density at radius 1 is 0.828 bits per heavy atom. The summed E-state index contributed by atoms with van der Waals surface area (Å²) in [7, 11) is 1.46. The number of benzene rings is 2. The molecule has 0 atom stereocenters. The van der Waals surface area contributed by atoms with E-state index in [4.69, 9.17) is 14.2 Å². The first-order chi connectivity index (χ1) is 14.0. The molecule has 158 valence electrons. The minimum Gasteiger partial charge on any atom is -0.493 e. The van der Waals surface area contributed by atoms with Crippen LogP contribution in [0.25, 0.3) is 0 Å². The van der Waals surface area contributed by atoms with E-state index in [-0.39, 0.29) is 5.75 Å². The summed E-state index contributed by atoms with van der Waals surface area (Å²) in [5.74, 6) is 1.84. The molecule has 1 aliphatic rings. The first-order valence-electron chi connectivity index (χ1n) is 9.50. The minimum atomic E-state index is -3.31. The largest absolute Gasteiger partial charge is 0.493 e. The van der Waals surface area contributed by atoms with Crippen LogP contribution in [0.5, 0.6) is 17.2 Å². The number of piperazine rings is 1. The fourth-order valence-corrected chi connectivity index (χ4v) is 5.04. The van der Waals surface area contributed by atoms with Gasteiger partial charge in [-0.3, -0.25) is 4.90 Å². The van der Waals surface area contributed by atoms with Crippen LogP contribution in [0.2, 0.25) is 0 Å². The van der Waals surface area contributed by atoms with Crippen molar-refractivity contribution in [3.05, 3.63) is 53.6 Å². The van der Waals surface area contributed by atoms with Gasteiger partial charge in [-0.2, -0.15) is 4.31 Å². The Labute approximate surface area is 172 Å². The number of sulfonamides is 1. The summed E-state index contributed by atoms with van der Waals surface area (Å²) < 4.78 is 43.2. The highest BCUT2D eigenvalue weighted by molar-refractivity contribution is 7.88. The van der Waals surface area contributed by atoms with Crippen LogP contribution in [0, 0.1) is 0 Å². The second kappa shape index (κ2) is 9.47. The minimum absolute atomic E-state index is 0.0424. The molecule has 0 aromatic heterocycles. The number of methoxy groups -OCH3 is 3. The Morgan fingerprint density at radius 3 is 1.93 bits per heavy atom. The smallest absolute Gasteiger partial charge is 0.218 e. The van der Waals surface area contributed by atoms with Gasteiger partial charge < -0.3 is 14.2 Å². The highest BCUT2D eigenvalue weighted by Crippen LogP contribution is 2.38. The first-order valence-corrected chi connectivity index (χ1v) is 11.1. The molecule has 2 aromatic rings. The molecule has 1 fully saturated rings. The molecule has 0 radical (unpaired) electrons. The molecule has 1 saturated heterocycles. The van der Waals surface area contributed by atoms with Crippen LogP contribution in [-0.4, -0.2) is 65.1 Å². The third kappa shape index (κ3) is 5.20. The molecular formula is C21H28N2O5S. The lowest BCUT2D eigenvalue weighted by atomic mass is 10.1. The molecule has 0 bridgehead atoms. The van der Waals surface area contributed by atoms with Gasteiger partial charge >= 0.3 is 0 Å². The van der Waals surface area contributed by atoms with Gasteiger partial charge in [-0.15, -0.1) is 0 Å². The van der Waals surface area contributed by atoms with Crippen LogP contribution in [0.15, 0.2) is 42.5 Å². The van der Waals surface area contributed by atoms with Crippen molar-refractivity contribution in [2.45, 2.75) is 12.3 Å². The zero-order valence-electron chi connectivity index (χ0n) is 17.1. The summed E-state index contributed by atoms with van der Waals surface area (Å²) >= 11 is 0. The number of ether oxygens (including phenoxy) is 3. The van der Waals surface area contributed by atoms with E-state index < -0.39 is 10.0 Å². The average molecular weight is 421 g/mol. The Balaban J connectivity index is 1.63. The maximum atomic E-state index is 12.7. The molecule has 1 heterocycles. The molecule has 8 heteroatoms. The molecule has 0 amide bonds. The van der Waals surface area contributed by atoms with Crippen LogP contribution < -0.4 is 14.2 Å². The van der Waals surface area contributed by atoms with E-state index in [9.17, 15) is 8.42 Å². The van der Waals surface area contributed by atoms with E-state index in [2.05, 4.69) is 4.90 Å². The number of nitrogens with zero attached hydrogens (tertiary/aromatic N) is 2. The van der Waals surface area contributed by atoms with Gasteiger partial charge in [-0.05, 0) is 23.3 Å². The molecule has 0 spiro atoms. The predicted octanol–water partition coefficient (Wildman–Crippen LogP) is 2.36. The van der Waals surface area contributed by atoms with Crippen LogP contribution in [-0.2, 0) is 22.3 Å². The molecule has 29 heavy (non-hydrogen) atoms. The van der Waals surface area contributed by atoms with Gasteiger partial charge in [0.25, 0.3) is 0 Å². The number of hydrogen-bond donors (Lipinski definition) is 0. The maximum Gasteiger partial charge on any atom is 0.218 e. The van der Waals surface area contributed by atoms with Gasteiger partial charge in [0.1, 0.15) is 0 Å². The number of rotatable bonds is 8. The van der Waals surface area contributed by atoms with Gasteiger partial charge in [0.15, 0.2) is 11.5 Å². The maximum absolute atomic E-state index is 12.7. The van der Waals surface area contributed by atoms with Gasteiger partial charge in [0.2, 0.25) is 15.8 Å². The van der Waals surface area contributed by atoms with Gasteiger partial charge in [-0.1, -0.05) is 30.3 Å². The van der Waals surface area contributed by atoms with Crippen molar-refractivity contribution in [2.24, 2.45) is 0 Å². The molecule has 0 aliphatic carbocycles. The monoisotopic (exact) mass is 420 g/mol. The lowest BCUT2D eigenvalue weighted by Gasteiger charge is -2.34. The second-order valence-electron chi connectivity index (χ2n) is 6.95. The third-order valence-corrected chi connectivity index (χ3v) is 6.90. The average Bonchev–Trinajstić information content (AvgIpc) is 2.73. The van der Waals surface area contributed by atoms with E-state index in [1.165, 1.54) is 0 Å². The van der Waals surface area contributed by atoms with Crippen molar-refractivity contribution in [1.29, 1.82) is 0 Å². The van der Waals surface area contributed by atoms with E-state index in [1.54, 1.807) is 25.6 Å². The molecule has 0 saturated carbocycles. The van der Waals surface area contributed by atoms with Gasteiger partial charge in [0.05, 0.1) is 27.1 Å². The standard InChI is InChI=1S/C21H28N2O5S/c1-26-19-13-18(14-20(27-2)21(19)28-3)15-22-9-11-23(12-10-22)29(24,25)16-17-7-5-4-6-8-17/h4-8,13-14H,9-12,15-16H2,1-3H3. The fraction of sp³-hybridized carbons (Fsp3) is 0.429. The highest BCUT2D eigenvalue weighted by atomic mass is 32.2. The topological polar surface area (TPSA) is 68.3 Å². The van der Waals surface area contributed by atoms with Crippen LogP contribution in [0.4, 0.5) is 0 Å². The molecular weight excluding hydrogens is 392 g/mol. The SMILES string of the molecule is COc1cc(CN2CCN(S(=O)(=O)Cc3ccccc3)CC2)cc(OC)c1OC. The molecule has 3 rings (SSSR count). The van der Waals surface area contributed by atoms with Crippen molar-refractivity contribution in [2.75, 3.05) is 47.5 Å². The Kier molecular flexibility index (Phi) is 7.00. The Hall–Kier alpha value is -2.29. The predicted molar refractivity (Wildman–Crippen MR) is 112 cm³/mol. The summed E-state index contributed by atoms with van der Waals surface area (Å²) in [5, 5.41) is 0. The van der Waals surface area contributed by atoms with Gasteiger partial charge in [0, 0.05) is 32.7 Å². The highest BCUT2D eigenvalue weighted by Gasteiger charge is 2.27. The summed E-state index contributed by atoms with van der Waals surface area (Å²) in [6.07, 6.45) is 0. The zero-order chi connectivity index (χ0) is 20.9. The summed E-state index contributed by atoms with van der Waals surface area (Å²) in [4.78, 5) is 2.23. The molecule has 1 aliphatic heterocycles. The molecule has 0 unspecified atom stereocenters. The molecule has 7 nitrogen and oxygen atoms in total. The van der Waals surface area contributed by atoms with Crippen molar-refractivity contribution < 1.29 is 22.6 Å². The summed E-state index contributed by atoms with van der Waals surface area (Å²) in [5.41, 5.74) is 1.84. The Bertz CT molecular complexity index is 885. The van der Waals surface area contributed by atoms with Crippen molar-refractivity contribution in [3.8, 4) is 17.2 Å². The Morgan fingerprint density at radius 2 is 1.41 bits per heavy atom. The number of hydrogen-bond acceptors (Lipinski definition) is 6. The molecule has 0 N–H and O–H groups in total. The van der Waals surface area contributed by atoms with Crippen LogP contribution in [0.3, 0.4) is 0 Å². The van der Waals surface area contributed by atoms with E-state index in [0.29, 0.717) is 50.0 Å². The van der Waals surface area contributed by atoms with Crippen molar-refractivity contribution >= 4 is 10.0 Å². The zero-order valence-corrected chi connectivity index (χ0v) is 17.9. The summed E-state index contributed by atoms with van der Waals surface area (Å²) in [6.45, 7) is 3.00. The quantitative estimate of drug-likeness (QED) is 0.653.